The Morgan fingerprint density at radius 3 is 2.88 bits per heavy atom. The lowest BCUT2D eigenvalue weighted by atomic mass is 9.86. The second kappa shape index (κ2) is 5.94. The number of carbonyl (C=O) groups excluding carboxylic acids is 1. The van der Waals surface area contributed by atoms with E-state index in [9.17, 15) is 4.79 Å². The molecule has 24 heavy (non-hydrogen) atoms. The summed E-state index contributed by atoms with van der Waals surface area (Å²) in [6.07, 6.45) is 4.27. The average Bonchev–Trinajstić information content (AvgIpc) is 3.01. The van der Waals surface area contributed by atoms with Gasteiger partial charge in [0.05, 0.1) is 22.5 Å². The molecule has 0 spiro atoms. The van der Waals surface area contributed by atoms with E-state index in [1.54, 1.807) is 0 Å². The van der Waals surface area contributed by atoms with Gasteiger partial charge in [0.15, 0.2) is 0 Å². The largest absolute Gasteiger partial charge is 0.345 e. The lowest BCUT2D eigenvalue weighted by Gasteiger charge is -2.36. The van der Waals surface area contributed by atoms with Crippen molar-refractivity contribution in [3.05, 3.63) is 41.1 Å². The molecule has 0 bridgehead atoms. The van der Waals surface area contributed by atoms with Gasteiger partial charge in [-0.05, 0) is 31.6 Å². The second-order valence-electron chi connectivity index (χ2n) is 6.53. The second-order valence-corrected chi connectivity index (χ2v) is 6.94. The van der Waals surface area contributed by atoms with Crippen LogP contribution in [0.3, 0.4) is 0 Å². The molecule has 0 fully saturated rings. The zero-order valence-electron chi connectivity index (χ0n) is 14.1. The van der Waals surface area contributed by atoms with Crippen molar-refractivity contribution in [2.24, 2.45) is 5.92 Å². The van der Waals surface area contributed by atoms with Gasteiger partial charge in [0.1, 0.15) is 0 Å². The van der Waals surface area contributed by atoms with Gasteiger partial charge >= 0.3 is 0 Å². The number of aromatic nitrogens is 1. The van der Waals surface area contributed by atoms with Gasteiger partial charge in [0, 0.05) is 43.3 Å². The van der Waals surface area contributed by atoms with Crippen molar-refractivity contribution in [1.29, 1.82) is 0 Å². The Balaban J connectivity index is 1.81. The van der Waals surface area contributed by atoms with Crippen LogP contribution in [0.25, 0.3) is 16.5 Å². The van der Waals surface area contributed by atoms with Crippen molar-refractivity contribution in [3.8, 4) is 0 Å². The lowest BCUT2D eigenvalue weighted by molar-refractivity contribution is -0.133. The summed E-state index contributed by atoms with van der Waals surface area (Å²) in [5.74, 6) is 0.0756. The van der Waals surface area contributed by atoms with Gasteiger partial charge in [0.2, 0.25) is 5.91 Å². The van der Waals surface area contributed by atoms with E-state index in [2.05, 4.69) is 34.3 Å². The molecule has 0 aliphatic carbocycles. The third kappa shape index (κ3) is 2.28. The third-order valence-electron chi connectivity index (χ3n) is 5.28. The lowest BCUT2D eigenvalue weighted by Crippen LogP contribution is -2.47. The van der Waals surface area contributed by atoms with Gasteiger partial charge in [-0.25, -0.2) is 0 Å². The zero-order chi connectivity index (χ0) is 16.8. The minimum Gasteiger partial charge on any atom is -0.345 e. The van der Waals surface area contributed by atoms with Crippen LogP contribution in [0, 0.1) is 5.92 Å². The van der Waals surface area contributed by atoms with E-state index in [1.165, 1.54) is 16.5 Å². The van der Waals surface area contributed by atoms with E-state index in [0.717, 1.165) is 30.2 Å². The zero-order valence-corrected chi connectivity index (χ0v) is 14.8. The van der Waals surface area contributed by atoms with Crippen molar-refractivity contribution >= 4 is 34.0 Å². The summed E-state index contributed by atoms with van der Waals surface area (Å²) in [5, 5.41) is 5.52. The number of rotatable bonds is 3. The van der Waals surface area contributed by atoms with E-state index in [4.69, 9.17) is 11.6 Å². The molecule has 5 heteroatoms. The number of hydrogen-bond acceptors (Lipinski definition) is 2. The Hall–Kier alpha value is -1.78. The molecule has 3 heterocycles. The molecule has 2 atom stereocenters. The Kier molecular flexibility index (Phi) is 3.89. The van der Waals surface area contributed by atoms with Gasteiger partial charge < -0.3 is 14.8 Å². The molecule has 1 N–H and O–H groups in total. The highest BCUT2D eigenvalue weighted by atomic mass is 35.5. The van der Waals surface area contributed by atoms with E-state index in [0.29, 0.717) is 6.54 Å². The van der Waals surface area contributed by atoms with Crippen LogP contribution in [0.15, 0.2) is 30.5 Å². The summed E-state index contributed by atoms with van der Waals surface area (Å²) in [6.45, 7) is 7.12. The van der Waals surface area contributed by atoms with E-state index in [-0.39, 0.29) is 17.9 Å². The fraction of sp³-hybridized carbons (Fsp3) is 0.421. The highest BCUT2D eigenvalue weighted by Gasteiger charge is 2.33. The number of amides is 1. The fourth-order valence-corrected chi connectivity index (χ4v) is 4.28. The Bertz CT molecular complexity index is 834. The molecule has 1 aromatic heterocycles. The van der Waals surface area contributed by atoms with E-state index >= 15 is 0 Å². The smallest absolute Gasteiger partial charge is 0.230 e. The number of fused-ring (bicyclic) bond motifs is 2. The van der Waals surface area contributed by atoms with Gasteiger partial charge in [-0.1, -0.05) is 23.7 Å². The van der Waals surface area contributed by atoms with Crippen molar-refractivity contribution in [3.63, 3.8) is 0 Å². The summed E-state index contributed by atoms with van der Waals surface area (Å²) >= 11 is 6.55. The van der Waals surface area contributed by atoms with E-state index in [1.807, 2.05) is 24.8 Å². The van der Waals surface area contributed by atoms with Crippen LogP contribution in [0.1, 0.15) is 19.4 Å². The first-order valence-corrected chi connectivity index (χ1v) is 9.03. The summed E-state index contributed by atoms with van der Waals surface area (Å²) in [7, 11) is 0. The summed E-state index contributed by atoms with van der Waals surface area (Å²) in [5.41, 5.74) is 3.44. The van der Waals surface area contributed by atoms with Gasteiger partial charge in [-0.2, -0.15) is 0 Å². The standard InChI is InChI=1S/C19H22ClN3O/c1-3-22(4-2)19(24)13-9-14-16(21-10-13)11-23-8-7-12-5-6-15(20)17(14)18(12)23/h5-9,13,16,21H,3-4,10-11H2,1-2H3/t13-,16?/m1/s1. The molecule has 4 nitrogen and oxygen atoms in total. The van der Waals surface area contributed by atoms with Crippen molar-refractivity contribution in [1.82, 2.24) is 14.8 Å². The number of nitrogens with one attached hydrogen (secondary N) is 1. The minimum absolute atomic E-state index is 0.121. The van der Waals surface area contributed by atoms with Crippen LogP contribution in [0.4, 0.5) is 0 Å². The van der Waals surface area contributed by atoms with Crippen LogP contribution >= 0.6 is 11.6 Å². The molecule has 2 aliphatic heterocycles. The molecule has 0 saturated carbocycles. The first kappa shape index (κ1) is 15.7. The predicted octanol–water partition coefficient (Wildman–Crippen LogP) is 3.15. The number of halogens is 1. The quantitative estimate of drug-likeness (QED) is 0.929. The minimum atomic E-state index is -0.121. The number of benzene rings is 1. The van der Waals surface area contributed by atoms with Crippen LogP contribution in [-0.4, -0.2) is 41.1 Å². The molecule has 1 aromatic carbocycles. The number of hydrogen-bond donors (Lipinski definition) is 1. The summed E-state index contributed by atoms with van der Waals surface area (Å²) in [4.78, 5) is 14.7. The maximum Gasteiger partial charge on any atom is 0.230 e. The van der Waals surface area contributed by atoms with Gasteiger partial charge in [-0.3, -0.25) is 4.79 Å². The van der Waals surface area contributed by atoms with Crippen LogP contribution in [0.2, 0.25) is 5.02 Å². The highest BCUT2D eigenvalue weighted by Crippen LogP contribution is 2.40. The molecule has 2 aliphatic rings. The fourth-order valence-electron chi connectivity index (χ4n) is 4.01. The molecular weight excluding hydrogens is 322 g/mol. The van der Waals surface area contributed by atoms with Gasteiger partial charge in [-0.15, -0.1) is 0 Å². The molecule has 1 unspecified atom stereocenters. The molecule has 1 amide bonds. The van der Waals surface area contributed by atoms with E-state index < -0.39 is 0 Å². The third-order valence-corrected chi connectivity index (χ3v) is 5.60. The normalized spacial score (nSPS) is 22.2. The van der Waals surface area contributed by atoms with Crippen molar-refractivity contribution < 1.29 is 4.79 Å². The van der Waals surface area contributed by atoms with Crippen molar-refractivity contribution in [2.75, 3.05) is 19.6 Å². The number of carbonyl (C=O) groups is 1. The Morgan fingerprint density at radius 1 is 1.33 bits per heavy atom. The first-order chi connectivity index (χ1) is 11.6. The Morgan fingerprint density at radius 2 is 2.12 bits per heavy atom. The van der Waals surface area contributed by atoms with Crippen LogP contribution in [-0.2, 0) is 11.3 Å². The molecular formula is C19H22ClN3O. The first-order valence-electron chi connectivity index (χ1n) is 8.65. The molecule has 4 rings (SSSR count). The van der Waals surface area contributed by atoms with Gasteiger partial charge in [0.25, 0.3) is 0 Å². The predicted molar refractivity (Wildman–Crippen MR) is 98.1 cm³/mol. The maximum atomic E-state index is 12.8. The molecule has 126 valence electrons. The summed E-state index contributed by atoms with van der Waals surface area (Å²) in [6, 6.07) is 6.37. The molecule has 0 radical (unpaired) electrons. The molecule has 2 aromatic rings. The maximum absolute atomic E-state index is 12.8. The average molecular weight is 344 g/mol. The van der Waals surface area contributed by atoms with Crippen molar-refractivity contribution in [2.45, 2.75) is 26.4 Å². The highest BCUT2D eigenvalue weighted by molar-refractivity contribution is 6.33. The Labute approximate surface area is 147 Å². The van der Waals surface area contributed by atoms with Crippen LogP contribution in [0.5, 0.6) is 0 Å². The monoisotopic (exact) mass is 343 g/mol. The number of nitrogens with zero attached hydrogens (tertiary/aromatic N) is 2. The molecule has 0 saturated heterocycles. The SMILES string of the molecule is CCN(CC)C(=O)[C@@H]1C=C2c3c(Cl)ccc4ccn(c34)CC2NC1. The van der Waals surface area contributed by atoms with Crippen LogP contribution < -0.4 is 5.32 Å². The topological polar surface area (TPSA) is 37.3 Å². The summed E-state index contributed by atoms with van der Waals surface area (Å²) < 4.78 is 2.26.